The molecule has 0 aliphatic rings. The molecule has 2 rings (SSSR count). The first kappa shape index (κ1) is 15.2. The molecule has 4 N–H and O–H groups in total. The number of carbonyl (C=O) groups excluding carboxylic acids is 1. The van der Waals surface area contributed by atoms with E-state index < -0.39 is 0 Å². The van der Waals surface area contributed by atoms with Crippen LogP contribution in [0.3, 0.4) is 0 Å². The third-order valence-corrected chi connectivity index (χ3v) is 3.75. The van der Waals surface area contributed by atoms with Gasteiger partial charge in [0.2, 0.25) is 0 Å². The van der Waals surface area contributed by atoms with Crippen LogP contribution in [-0.4, -0.2) is 21.9 Å². The van der Waals surface area contributed by atoms with Gasteiger partial charge in [-0.2, -0.15) is 0 Å². The topological polar surface area (TPSA) is 92.9 Å². The number of nitrogens with two attached hydrogens (primary N) is 1. The lowest BCUT2D eigenvalue weighted by Crippen LogP contribution is -2.13. The molecule has 0 fully saturated rings. The highest BCUT2D eigenvalue weighted by Gasteiger charge is 2.17. The van der Waals surface area contributed by atoms with E-state index >= 15 is 0 Å². The average molecular weight is 305 g/mol. The van der Waals surface area contributed by atoms with E-state index in [1.807, 2.05) is 39.8 Å². The number of nitrogen functional groups attached to an aromatic ring is 1. The van der Waals surface area contributed by atoms with Gasteiger partial charge in [0, 0.05) is 11.7 Å². The van der Waals surface area contributed by atoms with Crippen molar-refractivity contribution in [2.24, 2.45) is 0 Å². The molecular formula is C14H19N5OS. The van der Waals surface area contributed by atoms with Crippen LogP contribution in [0, 0.1) is 13.8 Å². The Hall–Kier alpha value is -2.15. The largest absolute Gasteiger partial charge is 0.382 e. The minimum absolute atomic E-state index is 0.231. The van der Waals surface area contributed by atoms with Gasteiger partial charge in [-0.1, -0.05) is 11.3 Å². The quantitative estimate of drug-likeness (QED) is 0.807. The molecule has 112 valence electrons. The molecular weight excluding hydrogens is 286 g/mol. The van der Waals surface area contributed by atoms with E-state index in [2.05, 4.69) is 20.6 Å². The second-order valence-corrected chi connectivity index (χ2v) is 6.07. The molecule has 7 heteroatoms. The number of nitrogens with one attached hydrogen (secondary N) is 2. The molecule has 0 saturated carbocycles. The van der Waals surface area contributed by atoms with E-state index in [0.717, 1.165) is 11.4 Å². The molecule has 21 heavy (non-hydrogen) atoms. The number of pyridine rings is 1. The number of rotatable bonds is 4. The fourth-order valence-corrected chi connectivity index (χ4v) is 2.73. The minimum atomic E-state index is -0.268. The molecule has 1 amide bonds. The van der Waals surface area contributed by atoms with Crippen LogP contribution in [0.4, 0.5) is 16.6 Å². The Morgan fingerprint density at radius 2 is 2.00 bits per heavy atom. The van der Waals surface area contributed by atoms with Crippen molar-refractivity contribution in [1.29, 1.82) is 0 Å². The Balaban J connectivity index is 2.18. The fraction of sp³-hybridized carbons (Fsp3) is 0.357. The predicted molar refractivity (Wildman–Crippen MR) is 86.9 cm³/mol. The molecule has 2 aromatic heterocycles. The van der Waals surface area contributed by atoms with Crippen molar-refractivity contribution < 1.29 is 4.79 Å². The smallest absolute Gasteiger partial charge is 0.269 e. The van der Waals surface area contributed by atoms with Gasteiger partial charge in [0.1, 0.15) is 10.7 Å². The van der Waals surface area contributed by atoms with Gasteiger partial charge in [-0.05, 0) is 39.8 Å². The SMILES string of the molecule is Cc1ccc(NC(=O)c2sc(NC(C)C)nc2N)c(C)n1. The zero-order valence-corrected chi connectivity index (χ0v) is 13.3. The normalized spacial score (nSPS) is 10.7. The standard InChI is InChI=1S/C14H19N5OS/c1-7(2)16-14-19-12(15)11(21-14)13(20)18-10-6-5-8(3)17-9(10)4/h5-7H,15H2,1-4H3,(H,16,19)(H,18,20). The summed E-state index contributed by atoms with van der Waals surface area (Å²) >= 11 is 1.24. The summed E-state index contributed by atoms with van der Waals surface area (Å²) in [4.78, 5) is 21.2. The van der Waals surface area contributed by atoms with Crippen LogP contribution < -0.4 is 16.4 Å². The fourth-order valence-electron chi connectivity index (χ4n) is 1.80. The first-order valence-electron chi connectivity index (χ1n) is 6.65. The Labute approximate surface area is 127 Å². The molecule has 0 aliphatic heterocycles. The van der Waals surface area contributed by atoms with Gasteiger partial charge in [-0.15, -0.1) is 0 Å². The Bertz CT molecular complexity index is 665. The summed E-state index contributed by atoms with van der Waals surface area (Å²) in [7, 11) is 0. The van der Waals surface area contributed by atoms with E-state index in [9.17, 15) is 4.79 Å². The Morgan fingerprint density at radius 1 is 1.29 bits per heavy atom. The number of anilines is 3. The minimum Gasteiger partial charge on any atom is -0.382 e. The predicted octanol–water partition coefficient (Wildman–Crippen LogP) is 2.81. The zero-order chi connectivity index (χ0) is 15.6. The van der Waals surface area contributed by atoms with E-state index in [1.165, 1.54) is 11.3 Å². The van der Waals surface area contributed by atoms with Crippen molar-refractivity contribution in [2.45, 2.75) is 33.7 Å². The van der Waals surface area contributed by atoms with Gasteiger partial charge in [-0.3, -0.25) is 9.78 Å². The van der Waals surface area contributed by atoms with E-state index in [0.29, 0.717) is 15.7 Å². The van der Waals surface area contributed by atoms with Crippen LogP contribution in [0.25, 0.3) is 0 Å². The van der Waals surface area contributed by atoms with Crippen LogP contribution in [0.5, 0.6) is 0 Å². The van der Waals surface area contributed by atoms with Gasteiger partial charge in [0.05, 0.1) is 11.4 Å². The van der Waals surface area contributed by atoms with Crippen LogP contribution >= 0.6 is 11.3 Å². The highest BCUT2D eigenvalue weighted by atomic mass is 32.1. The number of carbonyl (C=O) groups is 1. The molecule has 0 bridgehead atoms. The lowest BCUT2D eigenvalue weighted by atomic mass is 10.2. The molecule has 0 saturated heterocycles. The third-order valence-electron chi connectivity index (χ3n) is 2.75. The molecule has 0 radical (unpaired) electrons. The summed E-state index contributed by atoms with van der Waals surface area (Å²) in [5.41, 5.74) is 8.17. The lowest BCUT2D eigenvalue weighted by molar-refractivity contribution is 0.103. The number of hydrogen-bond acceptors (Lipinski definition) is 6. The highest BCUT2D eigenvalue weighted by molar-refractivity contribution is 7.18. The van der Waals surface area contributed by atoms with Gasteiger partial charge in [-0.25, -0.2) is 4.98 Å². The Kier molecular flexibility index (Phi) is 4.42. The molecule has 0 atom stereocenters. The van der Waals surface area contributed by atoms with Crippen molar-refractivity contribution in [3.05, 3.63) is 28.4 Å². The monoisotopic (exact) mass is 305 g/mol. The van der Waals surface area contributed by atoms with Crippen LogP contribution in [-0.2, 0) is 0 Å². The molecule has 2 aromatic rings. The summed E-state index contributed by atoms with van der Waals surface area (Å²) in [6.07, 6.45) is 0. The van der Waals surface area contributed by atoms with Crippen molar-refractivity contribution in [3.63, 3.8) is 0 Å². The van der Waals surface area contributed by atoms with E-state index in [4.69, 9.17) is 5.73 Å². The summed E-state index contributed by atoms with van der Waals surface area (Å²) in [5.74, 6) is -0.0334. The molecule has 0 unspecified atom stereocenters. The molecule has 0 aromatic carbocycles. The number of nitrogens with zero attached hydrogens (tertiary/aromatic N) is 2. The van der Waals surface area contributed by atoms with E-state index in [1.54, 1.807) is 0 Å². The number of amides is 1. The summed E-state index contributed by atoms with van der Waals surface area (Å²) in [6, 6.07) is 3.92. The third kappa shape index (κ3) is 3.69. The molecule has 0 aliphatic carbocycles. The van der Waals surface area contributed by atoms with Crippen molar-refractivity contribution in [1.82, 2.24) is 9.97 Å². The molecule has 6 nitrogen and oxygen atoms in total. The van der Waals surface area contributed by atoms with Crippen LogP contribution in [0.1, 0.15) is 34.9 Å². The maximum absolute atomic E-state index is 12.3. The highest BCUT2D eigenvalue weighted by Crippen LogP contribution is 2.26. The molecule has 2 heterocycles. The first-order chi connectivity index (χ1) is 9.86. The van der Waals surface area contributed by atoms with Crippen molar-refractivity contribution >= 4 is 33.9 Å². The van der Waals surface area contributed by atoms with Crippen molar-refractivity contribution in [3.8, 4) is 0 Å². The number of aryl methyl sites for hydroxylation is 2. The maximum Gasteiger partial charge on any atom is 0.269 e. The number of thiazole rings is 1. The van der Waals surface area contributed by atoms with Gasteiger partial charge in [0.25, 0.3) is 5.91 Å². The summed E-state index contributed by atoms with van der Waals surface area (Å²) < 4.78 is 0. The number of hydrogen-bond donors (Lipinski definition) is 3. The average Bonchev–Trinajstić information content (AvgIpc) is 2.72. The van der Waals surface area contributed by atoms with Crippen LogP contribution in [0.15, 0.2) is 12.1 Å². The van der Waals surface area contributed by atoms with Gasteiger partial charge < -0.3 is 16.4 Å². The lowest BCUT2D eigenvalue weighted by Gasteiger charge is -2.07. The summed E-state index contributed by atoms with van der Waals surface area (Å²) in [5, 5.41) is 6.61. The zero-order valence-electron chi connectivity index (χ0n) is 12.5. The second kappa shape index (κ2) is 6.09. The van der Waals surface area contributed by atoms with Crippen LogP contribution in [0.2, 0.25) is 0 Å². The Morgan fingerprint density at radius 3 is 2.62 bits per heavy atom. The first-order valence-corrected chi connectivity index (χ1v) is 7.47. The van der Waals surface area contributed by atoms with Gasteiger partial charge in [0.15, 0.2) is 5.13 Å². The maximum atomic E-state index is 12.3. The van der Waals surface area contributed by atoms with E-state index in [-0.39, 0.29) is 17.8 Å². The molecule has 0 spiro atoms. The van der Waals surface area contributed by atoms with Crippen molar-refractivity contribution in [2.75, 3.05) is 16.4 Å². The second-order valence-electron chi connectivity index (χ2n) is 5.07. The number of aromatic nitrogens is 2. The summed E-state index contributed by atoms with van der Waals surface area (Å²) in [6.45, 7) is 7.76. The van der Waals surface area contributed by atoms with Gasteiger partial charge >= 0.3 is 0 Å².